The minimum absolute atomic E-state index is 0.108. The van der Waals surface area contributed by atoms with Crippen molar-refractivity contribution in [3.63, 3.8) is 0 Å². The first-order valence-corrected chi connectivity index (χ1v) is 7.54. The van der Waals surface area contributed by atoms with Gasteiger partial charge in [0.1, 0.15) is 0 Å². The molecule has 1 N–H and O–H groups in total. The molecule has 0 aromatic heterocycles. The largest absolute Gasteiger partial charge is 0.466 e. The van der Waals surface area contributed by atoms with Crippen LogP contribution >= 0.6 is 0 Å². The van der Waals surface area contributed by atoms with Gasteiger partial charge in [-0.15, -0.1) is 0 Å². The number of likely N-dealkylation sites (N-methyl/N-ethyl adjacent to an activating group) is 1. The first-order chi connectivity index (χ1) is 9.69. The van der Waals surface area contributed by atoms with Gasteiger partial charge in [0.25, 0.3) is 0 Å². The summed E-state index contributed by atoms with van der Waals surface area (Å²) < 4.78 is 4.84. The molecule has 1 amide bonds. The Bertz CT molecular complexity index is 353. The van der Waals surface area contributed by atoms with Gasteiger partial charge in [-0.05, 0) is 46.1 Å². The summed E-state index contributed by atoms with van der Waals surface area (Å²) in [6.45, 7) is 5.92. The van der Waals surface area contributed by atoms with Gasteiger partial charge in [-0.3, -0.25) is 9.59 Å². The highest BCUT2D eigenvalue weighted by Crippen LogP contribution is 2.21. The first kappa shape index (κ1) is 16.7. The van der Waals surface area contributed by atoms with Gasteiger partial charge < -0.3 is 15.0 Å². The molecule has 0 bridgehead atoms. The van der Waals surface area contributed by atoms with Gasteiger partial charge in [-0.1, -0.05) is 6.08 Å². The zero-order valence-electron chi connectivity index (χ0n) is 12.6. The minimum atomic E-state index is -0.174. The van der Waals surface area contributed by atoms with Crippen LogP contribution < -0.4 is 5.32 Å². The highest BCUT2D eigenvalue weighted by Gasteiger charge is 2.17. The fourth-order valence-electron chi connectivity index (χ4n) is 2.32. The summed E-state index contributed by atoms with van der Waals surface area (Å²) in [5.74, 6) is -0.0660. The van der Waals surface area contributed by atoms with Crippen LogP contribution in [0.25, 0.3) is 0 Å². The molecule has 1 aliphatic carbocycles. The Hall–Kier alpha value is -1.36. The molecule has 0 aliphatic heterocycles. The second-order valence-corrected chi connectivity index (χ2v) is 4.81. The van der Waals surface area contributed by atoms with Crippen LogP contribution in [0.2, 0.25) is 0 Å². The van der Waals surface area contributed by atoms with Crippen molar-refractivity contribution in [2.75, 3.05) is 26.2 Å². The van der Waals surface area contributed by atoms with Crippen molar-refractivity contribution in [1.29, 1.82) is 0 Å². The Kier molecular flexibility index (Phi) is 7.95. The normalized spacial score (nSPS) is 14.0. The zero-order chi connectivity index (χ0) is 14.8. The lowest BCUT2D eigenvalue weighted by molar-refractivity contribution is -0.143. The molecule has 0 radical (unpaired) electrons. The van der Waals surface area contributed by atoms with Crippen molar-refractivity contribution < 1.29 is 14.3 Å². The van der Waals surface area contributed by atoms with E-state index < -0.39 is 0 Å². The van der Waals surface area contributed by atoms with E-state index in [0.717, 1.165) is 31.5 Å². The SMILES string of the molecule is CCOC(=O)CCCNCC(=O)N(CC)C1=CCCC1. The van der Waals surface area contributed by atoms with E-state index in [1.165, 1.54) is 0 Å². The van der Waals surface area contributed by atoms with Gasteiger partial charge in [0, 0.05) is 18.7 Å². The highest BCUT2D eigenvalue weighted by molar-refractivity contribution is 5.80. The molecule has 1 rings (SSSR count). The lowest BCUT2D eigenvalue weighted by Gasteiger charge is -2.22. The van der Waals surface area contributed by atoms with E-state index in [1.807, 2.05) is 11.8 Å². The van der Waals surface area contributed by atoms with Crippen LogP contribution in [0, 0.1) is 0 Å². The number of hydrogen-bond donors (Lipinski definition) is 1. The Morgan fingerprint density at radius 2 is 2.20 bits per heavy atom. The number of carbonyl (C=O) groups excluding carboxylic acids is 2. The predicted molar refractivity (Wildman–Crippen MR) is 78.1 cm³/mol. The maximum Gasteiger partial charge on any atom is 0.305 e. The molecule has 0 atom stereocenters. The van der Waals surface area contributed by atoms with Gasteiger partial charge in [0.05, 0.1) is 13.2 Å². The van der Waals surface area contributed by atoms with Gasteiger partial charge in [-0.2, -0.15) is 0 Å². The second kappa shape index (κ2) is 9.53. The molecule has 0 heterocycles. The topological polar surface area (TPSA) is 58.6 Å². The number of rotatable bonds is 9. The molecule has 0 unspecified atom stereocenters. The molecule has 0 saturated heterocycles. The average molecular weight is 282 g/mol. The highest BCUT2D eigenvalue weighted by atomic mass is 16.5. The monoisotopic (exact) mass is 282 g/mol. The van der Waals surface area contributed by atoms with E-state index in [4.69, 9.17) is 4.74 Å². The Morgan fingerprint density at radius 1 is 1.40 bits per heavy atom. The van der Waals surface area contributed by atoms with Crippen LogP contribution in [0.3, 0.4) is 0 Å². The van der Waals surface area contributed by atoms with Gasteiger partial charge in [0.15, 0.2) is 0 Å². The summed E-state index contributed by atoms with van der Waals surface area (Å²) in [7, 11) is 0. The lowest BCUT2D eigenvalue weighted by Crippen LogP contribution is -2.37. The van der Waals surface area contributed by atoms with E-state index >= 15 is 0 Å². The number of nitrogens with zero attached hydrogens (tertiary/aromatic N) is 1. The first-order valence-electron chi connectivity index (χ1n) is 7.54. The summed E-state index contributed by atoms with van der Waals surface area (Å²) in [5.41, 5.74) is 1.16. The third-order valence-electron chi connectivity index (χ3n) is 3.30. The summed E-state index contributed by atoms with van der Waals surface area (Å²) in [4.78, 5) is 25.1. The van der Waals surface area contributed by atoms with Crippen molar-refractivity contribution in [2.24, 2.45) is 0 Å². The van der Waals surface area contributed by atoms with Crippen LogP contribution in [0.1, 0.15) is 46.0 Å². The third-order valence-corrected chi connectivity index (χ3v) is 3.30. The Balaban J connectivity index is 2.17. The maximum atomic E-state index is 12.1. The number of nitrogens with one attached hydrogen (secondary N) is 1. The molecule has 0 saturated carbocycles. The minimum Gasteiger partial charge on any atom is -0.466 e. The standard InChI is InChI=1S/C15H26N2O3/c1-3-17(13-8-5-6-9-13)14(18)12-16-11-7-10-15(19)20-4-2/h8,16H,3-7,9-12H2,1-2H3. The van der Waals surface area contributed by atoms with E-state index in [2.05, 4.69) is 11.4 Å². The van der Waals surface area contributed by atoms with Crippen molar-refractivity contribution in [1.82, 2.24) is 10.2 Å². The summed E-state index contributed by atoms with van der Waals surface area (Å²) >= 11 is 0. The number of ether oxygens (including phenoxy) is 1. The molecular formula is C15H26N2O3. The molecule has 0 aromatic rings. The van der Waals surface area contributed by atoms with E-state index in [1.54, 1.807) is 6.92 Å². The molecule has 1 aliphatic rings. The zero-order valence-corrected chi connectivity index (χ0v) is 12.6. The summed E-state index contributed by atoms with van der Waals surface area (Å²) in [6.07, 6.45) is 6.47. The number of carbonyl (C=O) groups is 2. The lowest BCUT2D eigenvalue weighted by atomic mass is 10.3. The second-order valence-electron chi connectivity index (χ2n) is 4.81. The van der Waals surface area contributed by atoms with E-state index in [-0.39, 0.29) is 11.9 Å². The van der Waals surface area contributed by atoms with Crippen molar-refractivity contribution in [3.8, 4) is 0 Å². The Morgan fingerprint density at radius 3 is 2.80 bits per heavy atom. The van der Waals surface area contributed by atoms with Gasteiger partial charge in [-0.25, -0.2) is 0 Å². The molecule has 0 spiro atoms. The quantitative estimate of drug-likeness (QED) is 0.518. The van der Waals surface area contributed by atoms with Gasteiger partial charge >= 0.3 is 5.97 Å². The number of amides is 1. The van der Waals surface area contributed by atoms with Crippen LogP contribution in [0.4, 0.5) is 0 Å². The average Bonchev–Trinajstić information content (AvgIpc) is 2.93. The van der Waals surface area contributed by atoms with Gasteiger partial charge in [0.2, 0.25) is 5.91 Å². The summed E-state index contributed by atoms with van der Waals surface area (Å²) in [6, 6.07) is 0. The molecule has 0 aromatic carbocycles. The number of esters is 1. The third kappa shape index (κ3) is 5.74. The van der Waals surface area contributed by atoms with Crippen LogP contribution in [0.5, 0.6) is 0 Å². The molecule has 114 valence electrons. The van der Waals surface area contributed by atoms with Crippen molar-refractivity contribution in [3.05, 3.63) is 11.8 Å². The smallest absolute Gasteiger partial charge is 0.305 e. The van der Waals surface area contributed by atoms with Crippen LogP contribution in [-0.4, -0.2) is 43.0 Å². The molecular weight excluding hydrogens is 256 g/mol. The molecule has 5 heteroatoms. The van der Waals surface area contributed by atoms with Crippen LogP contribution in [0.15, 0.2) is 11.8 Å². The fourth-order valence-corrected chi connectivity index (χ4v) is 2.32. The Labute approximate surface area is 121 Å². The molecule has 0 fully saturated rings. The fraction of sp³-hybridized carbons (Fsp3) is 0.733. The van der Waals surface area contributed by atoms with Crippen molar-refractivity contribution >= 4 is 11.9 Å². The summed E-state index contributed by atoms with van der Waals surface area (Å²) in [5, 5.41) is 3.09. The molecule has 20 heavy (non-hydrogen) atoms. The molecule has 5 nitrogen and oxygen atoms in total. The van der Waals surface area contributed by atoms with E-state index in [0.29, 0.717) is 32.5 Å². The van der Waals surface area contributed by atoms with E-state index in [9.17, 15) is 9.59 Å². The number of allylic oxidation sites excluding steroid dienone is 2. The van der Waals surface area contributed by atoms with Crippen LogP contribution in [-0.2, 0) is 14.3 Å². The predicted octanol–water partition coefficient (Wildman–Crippen LogP) is 1.84. The maximum absolute atomic E-state index is 12.1. The van der Waals surface area contributed by atoms with Crippen molar-refractivity contribution in [2.45, 2.75) is 46.0 Å². The number of hydrogen-bond acceptors (Lipinski definition) is 4.